The average molecular weight is 426 g/mol. The molecule has 4 aromatic carbocycles. The molecule has 0 aromatic heterocycles. The quantitative estimate of drug-likeness (QED) is 0.180. The molecule has 152 valence electrons. The summed E-state index contributed by atoms with van der Waals surface area (Å²) >= 11 is 5.98. The lowest BCUT2D eigenvalue weighted by atomic mass is 10.1. The van der Waals surface area contributed by atoms with Crippen LogP contribution in [0.15, 0.2) is 127 Å². The Balaban J connectivity index is 1.55. The number of rotatable bonds is 6. The Morgan fingerprint density at radius 2 is 1.19 bits per heavy atom. The Bertz CT molecular complexity index is 1150. The van der Waals surface area contributed by atoms with E-state index in [-0.39, 0.29) is 0 Å². The molecule has 0 radical (unpaired) electrons. The maximum atomic E-state index is 5.98. The molecule has 0 bridgehead atoms. The van der Waals surface area contributed by atoms with Gasteiger partial charge in [0.05, 0.1) is 11.9 Å². The summed E-state index contributed by atoms with van der Waals surface area (Å²) in [6.07, 6.45) is 3.27. The summed E-state index contributed by atoms with van der Waals surface area (Å²) in [5.74, 6) is 1.86. The SMILES string of the molecule is Clc1ccc(-c2ccc(N=C(C=COc3ccccc3)Oc3ccccc3)cc2)cc1. The lowest BCUT2D eigenvalue weighted by molar-refractivity contribution is 0.479. The van der Waals surface area contributed by atoms with Gasteiger partial charge in [-0.15, -0.1) is 0 Å². The summed E-state index contributed by atoms with van der Waals surface area (Å²) in [6, 6.07) is 34.8. The molecule has 4 heteroatoms. The highest BCUT2D eigenvalue weighted by Crippen LogP contribution is 2.24. The summed E-state index contributed by atoms with van der Waals surface area (Å²) in [4.78, 5) is 4.64. The number of aliphatic imine (C=N–C) groups is 1. The number of ether oxygens (including phenoxy) is 2. The van der Waals surface area contributed by atoms with E-state index in [0.29, 0.717) is 11.6 Å². The Labute approximate surface area is 186 Å². The van der Waals surface area contributed by atoms with Crippen molar-refractivity contribution in [1.82, 2.24) is 0 Å². The minimum absolute atomic E-state index is 0.418. The molecule has 3 nitrogen and oxygen atoms in total. The van der Waals surface area contributed by atoms with Crippen LogP contribution in [0, 0.1) is 0 Å². The first-order valence-corrected chi connectivity index (χ1v) is 10.2. The average Bonchev–Trinajstić information content (AvgIpc) is 2.81. The smallest absolute Gasteiger partial charge is 0.222 e. The summed E-state index contributed by atoms with van der Waals surface area (Å²) in [6.45, 7) is 0. The molecule has 0 fully saturated rings. The standard InChI is InChI=1S/C27H20ClNO2/c28-23-15-11-21(12-16-23)22-13-17-24(18-14-22)29-27(31-26-9-5-2-6-10-26)19-20-30-25-7-3-1-4-8-25/h1-20H. The van der Waals surface area contributed by atoms with Crippen LogP contribution in [0.25, 0.3) is 11.1 Å². The van der Waals surface area contributed by atoms with E-state index < -0.39 is 0 Å². The number of hydrogen-bond donors (Lipinski definition) is 0. The Hall–Kier alpha value is -3.82. The van der Waals surface area contributed by atoms with Crippen LogP contribution in [0.2, 0.25) is 5.02 Å². The predicted octanol–water partition coefficient (Wildman–Crippen LogP) is 7.71. The van der Waals surface area contributed by atoms with E-state index in [9.17, 15) is 0 Å². The monoisotopic (exact) mass is 425 g/mol. The van der Waals surface area contributed by atoms with Gasteiger partial charge in [-0.2, -0.15) is 0 Å². The minimum Gasteiger partial charge on any atom is -0.465 e. The van der Waals surface area contributed by atoms with Crippen LogP contribution >= 0.6 is 11.6 Å². The molecule has 0 aliphatic heterocycles. The van der Waals surface area contributed by atoms with Crippen molar-refractivity contribution in [3.8, 4) is 22.6 Å². The van der Waals surface area contributed by atoms with E-state index in [1.165, 1.54) is 0 Å². The summed E-state index contributed by atoms with van der Waals surface area (Å²) in [5, 5.41) is 0.720. The van der Waals surface area contributed by atoms with E-state index in [1.54, 1.807) is 12.3 Å². The minimum atomic E-state index is 0.418. The van der Waals surface area contributed by atoms with Crippen LogP contribution in [-0.4, -0.2) is 5.90 Å². The number of benzene rings is 4. The van der Waals surface area contributed by atoms with Gasteiger partial charge in [-0.05, 0) is 59.7 Å². The maximum Gasteiger partial charge on any atom is 0.222 e. The number of para-hydroxylation sites is 2. The fraction of sp³-hybridized carbons (Fsp3) is 0. The fourth-order valence-electron chi connectivity index (χ4n) is 2.87. The third-order valence-corrected chi connectivity index (χ3v) is 4.66. The van der Waals surface area contributed by atoms with Crippen molar-refractivity contribution >= 4 is 23.2 Å². The molecule has 0 saturated carbocycles. The molecular weight excluding hydrogens is 406 g/mol. The molecule has 0 spiro atoms. The van der Waals surface area contributed by atoms with Crippen molar-refractivity contribution in [3.63, 3.8) is 0 Å². The lowest BCUT2D eigenvalue weighted by Gasteiger charge is -2.07. The summed E-state index contributed by atoms with van der Waals surface area (Å²) < 4.78 is 11.6. The fourth-order valence-corrected chi connectivity index (χ4v) is 3.00. The van der Waals surface area contributed by atoms with Crippen molar-refractivity contribution in [2.24, 2.45) is 4.99 Å². The Morgan fingerprint density at radius 1 is 0.645 bits per heavy atom. The molecule has 0 saturated heterocycles. The second-order valence-electron chi connectivity index (χ2n) is 6.65. The van der Waals surface area contributed by atoms with Gasteiger partial charge in [0.1, 0.15) is 11.5 Å². The van der Waals surface area contributed by atoms with Crippen molar-refractivity contribution in [2.45, 2.75) is 0 Å². The zero-order chi connectivity index (χ0) is 21.3. The van der Waals surface area contributed by atoms with E-state index in [2.05, 4.69) is 4.99 Å². The number of halogens is 1. The summed E-state index contributed by atoms with van der Waals surface area (Å²) in [5.41, 5.74) is 2.95. The molecule has 4 rings (SSSR count). The topological polar surface area (TPSA) is 30.8 Å². The molecule has 0 unspecified atom stereocenters. The van der Waals surface area contributed by atoms with Crippen molar-refractivity contribution in [3.05, 3.63) is 127 Å². The van der Waals surface area contributed by atoms with Crippen LogP contribution in [-0.2, 0) is 0 Å². The van der Waals surface area contributed by atoms with E-state index in [4.69, 9.17) is 21.1 Å². The van der Waals surface area contributed by atoms with E-state index in [1.807, 2.05) is 109 Å². The van der Waals surface area contributed by atoms with Crippen LogP contribution in [0.1, 0.15) is 0 Å². The van der Waals surface area contributed by atoms with Gasteiger partial charge in [-0.25, -0.2) is 4.99 Å². The van der Waals surface area contributed by atoms with Gasteiger partial charge in [-0.3, -0.25) is 0 Å². The van der Waals surface area contributed by atoms with Gasteiger partial charge in [0.2, 0.25) is 5.90 Å². The highest BCUT2D eigenvalue weighted by atomic mass is 35.5. The van der Waals surface area contributed by atoms with Gasteiger partial charge >= 0.3 is 0 Å². The molecule has 0 N–H and O–H groups in total. The van der Waals surface area contributed by atoms with E-state index >= 15 is 0 Å². The summed E-state index contributed by atoms with van der Waals surface area (Å²) in [7, 11) is 0. The van der Waals surface area contributed by atoms with Crippen LogP contribution in [0.3, 0.4) is 0 Å². The Morgan fingerprint density at radius 3 is 1.81 bits per heavy atom. The first-order valence-electron chi connectivity index (χ1n) is 9.82. The normalized spacial score (nSPS) is 11.5. The van der Waals surface area contributed by atoms with Crippen molar-refractivity contribution in [1.29, 1.82) is 0 Å². The number of nitrogens with zero attached hydrogens (tertiary/aromatic N) is 1. The number of hydrogen-bond acceptors (Lipinski definition) is 3. The second kappa shape index (κ2) is 10.3. The van der Waals surface area contributed by atoms with Crippen molar-refractivity contribution in [2.75, 3.05) is 0 Å². The molecule has 0 atom stereocenters. The van der Waals surface area contributed by atoms with Crippen LogP contribution in [0.5, 0.6) is 11.5 Å². The lowest BCUT2D eigenvalue weighted by Crippen LogP contribution is -2.05. The zero-order valence-corrected chi connectivity index (χ0v) is 17.4. The van der Waals surface area contributed by atoms with Gasteiger partial charge in [0.15, 0.2) is 0 Å². The highest BCUT2D eigenvalue weighted by Gasteiger charge is 2.02. The van der Waals surface area contributed by atoms with Crippen LogP contribution in [0.4, 0.5) is 5.69 Å². The molecule has 0 amide bonds. The largest absolute Gasteiger partial charge is 0.465 e. The van der Waals surface area contributed by atoms with Gasteiger partial charge in [0, 0.05) is 11.1 Å². The maximum absolute atomic E-state index is 5.98. The van der Waals surface area contributed by atoms with Crippen molar-refractivity contribution < 1.29 is 9.47 Å². The molecular formula is C27H20ClNO2. The zero-order valence-electron chi connectivity index (χ0n) is 16.7. The molecule has 4 aromatic rings. The van der Waals surface area contributed by atoms with Gasteiger partial charge in [-0.1, -0.05) is 72.3 Å². The third-order valence-electron chi connectivity index (χ3n) is 4.41. The first kappa shape index (κ1) is 20.5. The highest BCUT2D eigenvalue weighted by molar-refractivity contribution is 6.30. The van der Waals surface area contributed by atoms with Crippen LogP contribution < -0.4 is 9.47 Å². The third kappa shape index (κ3) is 6.08. The van der Waals surface area contributed by atoms with Gasteiger partial charge in [0.25, 0.3) is 0 Å². The van der Waals surface area contributed by atoms with Gasteiger partial charge < -0.3 is 9.47 Å². The molecule has 0 heterocycles. The predicted molar refractivity (Wildman–Crippen MR) is 127 cm³/mol. The molecule has 31 heavy (non-hydrogen) atoms. The van der Waals surface area contributed by atoms with E-state index in [0.717, 1.165) is 27.6 Å². The Kier molecular flexibility index (Phi) is 6.78. The second-order valence-corrected chi connectivity index (χ2v) is 7.09. The first-order chi connectivity index (χ1) is 15.3. The molecule has 0 aliphatic carbocycles. The molecule has 0 aliphatic rings.